The number of morpholine rings is 1. The number of ether oxygens (including phenoxy) is 3. The first-order valence-corrected chi connectivity index (χ1v) is 9.10. The van der Waals surface area contributed by atoms with E-state index >= 15 is 0 Å². The van der Waals surface area contributed by atoms with Gasteiger partial charge >= 0.3 is 0 Å². The zero-order valence-electron chi connectivity index (χ0n) is 16.1. The molecule has 0 radical (unpaired) electrons. The minimum absolute atomic E-state index is 0.0718. The molecule has 0 bridgehead atoms. The summed E-state index contributed by atoms with van der Waals surface area (Å²) in [5.74, 6) is 0.734. The molecule has 8 heteroatoms. The maximum Gasteiger partial charge on any atom is 0.244 e. The number of amides is 1. The molecule has 0 unspecified atom stereocenters. The first-order chi connectivity index (χ1) is 13.6. The molecular formula is C20H25N3O5. The van der Waals surface area contributed by atoms with E-state index in [1.807, 2.05) is 0 Å². The Morgan fingerprint density at radius 3 is 2.50 bits per heavy atom. The van der Waals surface area contributed by atoms with E-state index in [2.05, 4.69) is 10.2 Å². The molecule has 0 spiro atoms. The number of aromatic nitrogens is 1. The Hall–Kier alpha value is -2.84. The molecule has 0 atom stereocenters. The summed E-state index contributed by atoms with van der Waals surface area (Å²) in [5.41, 5.74) is 1.24. The van der Waals surface area contributed by atoms with Crippen LogP contribution in [0.5, 0.6) is 11.5 Å². The van der Waals surface area contributed by atoms with Crippen LogP contribution in [0.1, 0.15) is 5.69 Å². The van der Waals surface area contributed by atoms with Crippen LogP contribution >= 0.6 is 0 Å². The van der Waals surface area contributed by atoms with Crippen LogP contribution in [-0.2, 0) is 22.6 Å². The summed E-state index contributed by atoms with van der Waals surface area (Å²) in [6.07, 6.45) is 1.59. The van der Waals surface area contributed by atoms with Crippen LogP contribution in [0.4, 0.5) is 5.69 Å². The number of nitrogens with zero attached hydrogens (tertiary/aromatic N) is 2. The van der Waals surface area contributed by atoms with Crippen LogP contribution < -0.4 is 20.2 Å². The van der Waals surface area contributed by atoms with Crippen molar-refractivity contribution in [3.63, 3.8) is 0 Å². The van der Waals surface area contributed by atoms with E-state index in [4.69, 9.17) is 14.2 Å². The van der Waals surface area contributed by atoms with Gasteiger partial charge in [0.2, 0.25) is 11.3 Å². The fourth-order valence-corrected chi connectivity index (χ4v) is 3.05. The number of hydrogen-bond acceptors (Lipinski definition) is 6. The van der Waals surface area contributed by atoms with E-state index < -0.39 is 0 Å². The fraction of sp³-hybridized carbons (Fsp3) is 0.400. The molecule has 1 aliphatic heterocycles. The number of benzene rings is 1. The van der Waals surface area contributed by atoms with Crippen molar-refractivity contribution < 1.29 is 19.0 Å². The molecule has 2 aromatic rings. The van der Waals surface area contributed by atoms with E-state index in [1.54, 1.807) is 42.1 Å². The van der Waals surface area contributed by atoms with Crippen molar-refractivity contribution in [1.29, 1.82) is 0 Å². The summed E-state index contributed by atoms with van der Waals surface area (Å²) < 4.78 is 17.4. The Kier molecular flexibility index (Phi) is 6.67. The number of nitrogens with one attached hydrogen (secondary N) is 1. The summed E-state index contributed by atoms with van der Waals surface area (Å²) in [6, 6.07) is 8.65. The molecule has 1 fully saturated rings. The van der Waals surface area contributed by atoms with E-state index in [1.165, 1.54) is 13.2 Å². The first kappa shape index (κ1) is 19.9. The standard InChI is InChI=1S/C20H25N3O5/c1-26-17-5-3-15(4-6-17)21-20(25)14-23-13-19(27-2)18(24)11-16(23)12-22-7-9-28-10-8-22/h3-6,11,13H,7-10,12,14H2,1-2H3,(H,21,25). The van der Waals surface area contributed by atoms with Gasteiger partial charge in [-0.25, -0.2) is 0 Å². The maximum absolute atomic E-state index is 12.5. The summed E-state index contributed by atoms with van der Waals surface area (Å²) >= 11 is 0. The van der Waals surface area contributed by atoms with Crippen molar-refractivity contribution in [1.82, 2.24) is 9.47 Å². The topological polar surface area (TPSA) is 82.0 Å². The molecule has 28 heavy (non-hydrogen) atoms. The molecule has 0 saturated carbocycles. The number of rotatable bonds is 7. The molecule has 3 rings (SSSR count). The summed E-state index contributed by atoms with van der Waals surface area (Å²) in [5, 5.41) is 2.86. The second-order valence-electron chi connectivity index (χ2n) is 6.49. The molecule has 1 N–H and O–H groups in total. The normalized spacial score (nSPS) is 14.5. The molecule has 1 aromatic heterocycles. The van der Waals surface area contributed by atoms with Gasteiger partial charge < -0.3 is 24.1 Å². The average Bonchev–Trinajstić information content (AvgIpc) is 2.71. The Labute approximate surface area is 163 Å². The van der Waals surface area contributed by atoms with Crippen molar-refractivity contribution in [2.75, 3.05) is 45.8 Å². The minimum atomic E-state index is -0.197. The van der Waals surface area contributed by atoms with Crippen LogP contribution in [0.25, 0.3) is 0 Å². The van der Waals surface area contributed by atoms with Gasteiger partial charge in [0, 0.05) is 37.1 Å². The maximum atomic E-state index is 12.5. The van der Waals surface area contributed by atoms with Crippen LogP contribution in [0, 0.1) is 0 Å². The third-order valence-corrected chi connectivity index (χ3v) is 4.58. The van der Waals surface area contributed by atoms with Gasteiger partial charge in [0.05, 0.1) is 33.6 Å². The molecule has 1 aromatic carbocycles. The quantitative estimate of drug-likeness (QED) is 0.772. The zero-order valence-corrected chi connectivity index (χ0v) is 16.1. The second kappa shape index (κ2) is 9.38. The van der Waals surface area contributed by atoms with E-state index in [0.717, 1.165) is 24.5 Å². The fourth-order valence-electron chi connectivity index (χ4n) is 3.05. The van der Waals surface area contributed by atoms with E-state index in [9.17, 15) is 9.59 Å². The molecule has 8 nitrogen and oxygen atoms in total. The van der Waals surface area contributed by atoms with Crippen molar-refractivity contribution >= 4 is 11.6 Å². The van der Waals surface area contributed by atoms with Gasteiger partial charge in [-0.05, 0) is 24.3 Å². The van der Waals surface area contributed by atoms with Gasteiger partial charge in [-0.1, -0.05) is 0 Å². The molecule has 1 aliphatic rings. The van der Waals surface area contributed by atoms with Gasteiger partial charge in [0.15, 0.2) is 5.75 Å². The highest BCUT2D eigenvalue weighted by atomic mass is 16.5. The molecule has 0 aliphatic carbocycles. The lowest BCUT2D eigenvalue weighted by Crippen LogP contribution is -2.37. The number of hydrogen-bond donors (Lipinski definition) is 1. The predicted octanol–water partition coefficient (Wildman–Crippen LogP) is 1.34. The SMILES string of the molecule is COc1ccc(NC(=O)Cn2cc(OC)c(=O)cc2CN2CCOCC2)cc1. The van der Waals surface area contributed by atoms with Crippen LogP contribution in [0.3, 0.4) is 0 Å². The van der Waals surface area contributed by atoms with Gasteiger partial charge in [-0.15, -0.1) is 0 Å². The Morgan fingerprint density at radius 2 is 1.86 bits per heavy atom. The number of carbonyl (C=O) groups is 1. The van der Waals surface area contributed by atoms with Gasteiger partial charge in [-0.3, -0.25) is 14.5 Å². The monoisotopic (exact) mass is 387 g/mol. The van der Waals surface area contributed by atoms with Gasteiger partial charge in [0.1, 0.15) is 12.3 Å². The minimum Gasteiger partial charge on any atom is -0.497 e. The highest BCUT2D eigenvalue weighted by Crippen LogP contribution is 2.16. The van der Waals surface area contributed by atoms with Crippen molar-refractivity contribution in [3.05, 3.63) is 52.4 Å². The third kappa shape index (κ3) is 5.11. The lowest BCUT2D eigenvalue weighted by atomic mass is 10.2. The number of carbonyl (C=O) groups excluding carboxylic acids is 1. The summed E-state index contributed by atoms with van der Waals surface area (Å²) in [6.45, 7) is 3.55. The van der Waals surface area contributed by atoms with Gasteiger partial charge in [0.25, 0.3) is 0 Å². The highest BCUT2D eigenvalue weighted by Gasteiger charge is 2.16. The molecule has 150 valence electrons. The molecule has 1 amide bonds. The summed E-state index contributed by atoms with van der Waals surface area (Å²) in [7, 11) is 3.04. The second-order valence-corrected chi connectivity index (χ2v) is 6.49. The predicted molar refractivity (Wildman–Crippen MR) is 105 cm³/mol. The molecule has 1 saturated heterocycles. The Balaban J connectivity index is 1.75. The first-order valence-electron chi connectivity index (χ1n) is 9.10. The van der Waals surface area contributed by atoms with Crippen molar-refractivity contribution in [3.8, 4) is 11.5 Å². The number of pyridine rings is 1. The van der Waals surface area contributed by atoms with E-state index in [0.29, 0.717) is 25.4 Å². The van der Waals surface area contributed by atoms with Crippen LogP contribution in [0.15, 0.2) is 41.3 Å². The number of methoxy groups -OCH3 is 2. The third-order valence-electron chi connectivity index (χ3n) is 4.58. The largest absolute Gasteiger partial charge is 0.497 e. The molecule has 2 heterocycles. The summed E-state index contributed by atoms with van der Waals surface area (Å²) in [4.78, 5) is 27.0. The van der Waals surface area contributed by atoms with Crippen molar-refractivity contribution in [2.24, 2.45) is 0 Å². The Bertz CT molecular complexity index is 857. The average molecular weight is 387 g/mol. The molecular weight excluding hydrogens is 362 g/mol. The van der Waals surface area contributed by atoms with E-state index in [-0.39, 0.29) is 23.6 Å². The lowest BCUT2D eigenvalue weighted by molar-refractivity contribution is -0.116. The smallest absolute Gasteiger partial charge is 0.244 e. The number of anilines is 1. The Morgan fingerprint density at radius 1 is 1.14 bits per heavy atom. The lowest BCUT2D eigenvalue weighted by Gasteiger charge is -2.27. The zero-order chi connectivity index (χ0) is 19.9. The van der Waals surface area contributed by atoms with Crippen LogP contribution in [0.2, 0.25) is 0 Å². The van der Waals surface area contributed by atoms with Crippen LogP contribution in [-0.4, -0.2) is 55.9 Å². The van der Waals surface area contributed by atoms with Crippen molar-refractivity contribution in [2.45, 2.75) is 13.1 Å². The highest BCUT2D eigenvalue weighted by molar-refractivity contribution is 5.90. The van der Waals surface area contributed by atoms with Gasteiger partial charge in [-0.2, -0.15) is 0 Å².